The van der Waals surface area contributed by atoms with E-state index in [0.717, 1.165) is 0 Å². The van der Waals surface area contributed by atoms with Gasteiger partial charge in [0.15, 0.2) is 5.82 Å². The van der Waals surface area contributed by atoms with Gasteiger partial charge in [0, 0.05) is 0 Å². The molecule has 3 N–H and O–H groups in total. The van der Waals surface area contributed by atoms with E-state index in [0.29, 0.717) is 5.82 Å². The van der Waals surface area contributed by atoms with Crippen LogP contribution in [-0.4, -0.2) is 15.2 Å². The molecule has 6 heteroatoms. The molecule has 1 aromatic heterocycles. The van der Waals surface area contributed by atoms with Gasteiger partial charge in [-0.1, -0.05) is 17.7 Å². The van der Waals surface area contributed by atoms with Gasteiger partial charge in [0.1, 0.15) is 11.6 Å². The lowest BCUT2D eigenvalue weighted by molar-refractivity contribution is 0.630. The predicted molar refractivity (Wildman–Crippen MR) is 54.7 cm³/mol. The number of nitrogens with one attached hydrogen (secondary N) is 1. The predicted octanol–water partition coefficient (Wildman–Crippen LogP) is 1.72. The van der Waals surface area contributed by atoms with Gasteiger partial charge in [-0.15, -0.1) is 0 Å². The molecule has 0 atom stereocenters. The Morgan fingerprint density at radius 3 is 2.87 bits per heavy atom. The van der Waals surface area contributed by atoms with E-state index in [4.69, 9.17) is 17.3 Å². The van der Waals surface area contributed by atoms with Crippen LogP contribution in [0.1, 0.15) is 5.82 Å². The molecule has 0 saturated carbocycles. The average molecular weight is 227 g/mol. The van der Waals surface area contributed by atoms with Crippen LogP contribution in [0, 0.1) is 5.82 Å². The summed E-state index contributed by atoms with van der Waals surface area (Å²) in [5, 5.41) is 6.71. The van der Waals surface area contributed by atoms with Gasteiger partial charge in [-0.25, -0.2) is 9.37 Å². The van der Waals surface area contributed by atoms with Crippen LogP contribution < -0.4 is 5.73 Å². The third-order valence-electron chi connectivity index (χ3n) is 1.91. The smallest absolute Gasteiger partial charge is 0.185 e. The lowest BCUT2D eigenvalue weighted by atomic mass is 10.2. The van der Waals surface area contributed by atoms with Crippen LogP contribution in [0.5, 0.6) is 0 Å². The van der Waals surface area contributed by atoms with E-state index in [9.17, 15) is 4.39 Å². The van der Waals surface area contributed by atoms with E-state index in [-0.39, 0.29) is 23.0 Å². The number of H-pyrrole nitrogens is 1. The molecule has 0 unspecified atom stereocenters. The Hall–Kier alpha value is -1.46. The second-order valence-corrected chi connectivity index (χ2v) is 3.31. The number of hydrogen-bond acceptors (Lipinski definition) is 3. The normalized spacial score (nSPS) is 10.6. The van der Waals surface area contributed by atoms with Crippen molar-refractivity contribution in [2.24, 2.45) is 5.73 Å². The molecule has 0 bridgehead atoms. The van der Waals surface area contributed by atoms with Crippen LogP contribution in [0.2, 0.25) is 5.02 Å². The van der Waals surface area contributed by atoms with Crippen LogP contribution in [0.15, 0.2) is 18.2 Å². The molecule has 1 heterocycles. The molecule has 0 radical (unpaired) electrons. The van der Waals surface area contributed by atoms with Crippen LogP contribution >= 0.6 is 11.6 Å². The third-order valence-corrected chi connectivity index (χ3v) is 2.23. The summed E-state index contributed by atoms with van der Waals surface area (Å²) < 4.78 is 13.4. The van der Waals surface area contributed by atoms with E-state index in [1.165, 1.54) is 12.1 Å². The topological polar surface area (TPSA) is 67.6 Å². The van der Waals surface area contributed by atoms with Gasteiger partial charge in [-0.05, 0) is 12.1 Å². The summed E-state index contributed by atoms with van der Waals surface area (Å²) in [4.78, 5) is 4.00. The lowest BCUT2D eigenvalue weighted by Crippen LogP contribution is -1.98. The minimum atomic E-state index is -0.454. The molecule has 15 heavy (non-hydrogen) atoms. The van der Waals surface area contributed by atoms with Crippen molar-refractivity contribution in [2.45, 2.75) is 6.54 Å². The molecule has 2 aromatic rings. The Morgan fingerprint density at radius 1 is 1.47 bits per heavy atom. The zero-order valence-corrected chi connectivity index (χ0v) is 8.42. The molecule has 1 aromatic carbocycles. The number of rotatable bonds is 2. The maximum Gasteiger partial charge on any atom is 0.185 e. The summed E-state index contributed by atoms with van der Waals surface area (Å²) >= 11 is 5.85. The molecule has 0 saturated heterocycles. The van der Waals surface area contributed by atoms with E-state index in [1.54, 1.807) is 6.07 Å². The Labute approximate surface area is 90.3 Å². The number of benzene rings is 1. The number of aromatic amines is 1. The van der Waals surface area contributed by atoms with Crippen LogP contribution in [0.25, 0.3) is 11.4 Å². The zero-order chi connectivity index (χ0) is 10.8. The van der Waals surface area contributed by atoms with Gasteiger partial charge in [0.05, 0.1) is 17.1 Å². The summed E-state index contributed by atoms with van der Waals surface area (Å²) in [7, 11) is 0. The standard InChI is InChI=1S/C9H8ClFN4/c10-5-2-1-3-6(11)8(5)9-13-7(4-12)14-15-9/h1-3H,4,12H2,(H,13,14,15). The van der Waals surface area contributed by atoms with Crippen LogP contribution in [-0.2, 0) is 6.54 Å². The molecule has 0 aliphatic heterocycles. The van der Waals surface area contributed by atoms with Crippen molar-refractivity contribution < 1.29 is 4.39 Å². The van der Waals surface area contributed by atoms with Crippen molar-refractivity contribution in [2.75, 3.05) is 0 Å². The lowest BCUT2D eigenvalue weighted by Gasteiger charge is -1.99. The molecule has 0 amide bonds. The van der Waals surface area contributed by atoms with Gasteiger partial charge in [-0.2, -0.15) is 5.10 Å². The second kappa shape index (κ2) is 3.96. The Morgan fingerprint density at radius 2 is 2.27 bits per heavy atom. The summed E-state index contributed by atoms with van der Waals surface area (Å²) in [6.07, 6.45) is 0. The van der Waals surface area contributed by atoms with Crippen molar-refractivity contribution in [3.63, 3.8) is 0 Å². The van der Waals surface area contributed by atoms with Gasteiger partial charge in [0.2, 0.25) is 0 Å². The number of nitrogens with zero attached hydrogens (tertiary/aromatic N) is 2. The maximum absolute atomic E-state index is 13.4. The van der Waals surface area contributed by atoms with Crippen LogP contribution in [0.3, 0.4) is 0 Å². The Balaban J connectivity index is 2.53. The van der Waals surface area contributed by atoms with Gasteiger partial charge in [-0.3, -0.25) is 5.10 Å². The number of halogens is 2. The molecular formula is C9H8ClFN4. The molecule has 4 nitrogen and oxygen atoms in total. The van der Waals surface area contributed by atoms with Crippen molar-refractivity contribution in [1.29, 1.82) is 0 Å². The van der Waals surface area contributed by atoms with Crippen molar-refractivity contribution in [3.8, 4) is 11.4 Å². The summed E-state index contributed by atoms with van der Waals surface area (Å²) in [6, 6.07) is 4.41. The number of aromatic nitrogens is 3. The minimum Gasteiger partial charge on any atom is -0.324 e. The summed E-state index contributed by atoms with van der Waals surface area (Å²) in [6.45, 7) is 0.221. The quantitative estimate of drug-likeness (QED) is 0.820. The molecule has 0 spiro atoms. The SMILES string of the molecule is NCc1nc(-c2c(F)cccc2Cl)n[nH]1. The molecule has 0 aliphatic carbocycles. The van der Waals surface area contributed by atoms with E-state index >= 15 is 0 Å². The highest BCUT2D eigenvalue weighted by molar-refractivity contribution is 6.33. The first-order valence-corrected chi connectivity index (χ1v) is 4.66. The highest BCUT2D eigenvalue weighted by Crippen LogP contribution is 2.27. The molecule has 2 rings (SSSR count). The Kier molecular flexibility index (Phi) is 2.66. The summed E-state index contributed by atoms with van der Waals surface area (Å²) in [5.41, 5.74) is 5.55. The van der Waals surface area contributed by atoms with E-state index in [1.807, 2.05) is 0 Å². The minimum absolute atomic E-state index is 0.190. The molecule has 78 valence electrons. The fourth-order valence-electron chi connectivity index (χ4n) is 1.21. The molecular weight excluding hydrogens is 219 g/mol. The average Bonchev–Trinajstić information content (AvgIpc) is 2.66. The Bertz CT molecular complexity index is 462. The first-order chi connectivity index (χ1) is 7.22. The number of hydrogen-bond donors (Lipinski definition) is 2. The van der Waals surface area contributed by atoms with Gasteiger partial charge in [0.25, 0.3) is 0 Å². The van der Waals surface area contributed by atoms with E-state index in [2.05, 4.69) is 15.2 Å². The van der Waals surface area contributed by atoms with E-state index < -0.39 is 5.82 Å². The van der Waals surface area contributed by atoms with Gasteiger partial charge < -0.3 is 5.73 Å². The fraction of sp³-hybridized carbons (Fsp3) is 0.111. The summed E-state index contributed by atoms with van der Waals surface area (Å²) in [5.74, 6) is 0.257. The van der Waals surface area contributed by atoms with Gasteiger partial charge >= 0.3 is 0 Å². The monoisotopic (exact) mass is 226 g/mol. The maximum atomic E-state index is 13.4. The second-order valence-electron chi connectivity index (χ2n) is 2.91. The highest BCUT2D eigenvalue weighted by atomic mass is 35.5. The zero-order valence-electron chi connectivity index (χ0n) is 7.67. The highest BCUT2D eigenvalue weighted by Gasteiger charge is 2.13. The first kappa shape index (κ1) is 10.1. The van der Waals surface area contributed by atoms with Crippen molar-refractivity contribution >= 4 is 11.6 Å². The largest absolute Gasteiger partial charge is 0.324 e. The number of nitrogens with two attached hydrogens (primary N) is 1. The van der Waals surface area contributed by atoms with Crippen molar-refractivity contribution in [1.82, 2.24) is 15.2 Å². The first-order valence-electron chi connectivity index (χ1n) is 4.28. The fourth-order valence-corrected chi connectivity index (χ4v) is 1.46. The van der Waals surface area contributed by atoms with Crippen LogP contribution in [0.4, 0.5) is 4.39 Å². The third kappa shape index (κ3) is 1.84. The molecule has 0 aliphatic rings. The molecule has 0 fully saturated rings. The van der Waals surface area contributed by atoms with Crippen molar-refractivity contribution in [3.05, 3.63) is 34.9 Å².